The zero-order valence-electron chi connectivity index (χ0n) is 12.9. The predicted molar refractivity (Wildman–Crippen MR) is 93.5 cm³/mol. The van der Waals surface area contributed by atoms with Crippen molar-refractivity contribution in [2.24, 2.45) is 0 Å². The highest BCUT2D eigenvalue weighted by Gasteiger charge is 2.28. The number of hydrogen-bond acceptors (Lipinski definition) is 3. The summed E-state index contributed by atoms with van der Waals surface area (Å²) in [6.07, 6.45) is 1.25. The first-order chi connectivity index (χ1) is 12.1. The maximum atomic E-state index is 13.3. The number of carbonyl (C=O) groups is 1. The zero-order chi connectivity index (χ0) is 17.4. The first-order valence-electron chi connectivity index (χ1n) is 7.62. The monoisotopic (exact) mass is 401 g/mol. The average molecular weight is 402 g/mol. The fourth-order valence-corrected chi connectivity index (χ4v) is 2.96. The highest BCUT2D eigenvalue weighted by molar-refractivity contribution is 9.10. The van der Waals surface area contributed by atoms with E-state index >= 15 is 0 Å². The SMILES string of the molecule is O=C1COC(c2cn(-c3ccc(Br)cc3)nc2-c2ccc(F)cc2)N1. The molecule has 1 amide bonds. The highest BCUT2D eigenvalue weighted by atomic mass is 79.9. The summed E-state index contributed by atoms with van der Waals surface area (Å²) < 4.78 is 21.4. The number of nitrogens with one attached hydrogen (secondary N) is 1. The number of halogens is 2. The number of rotatable bonds is 3. The van der Waals surface area contributed by atoms with Crippen molar-refractivity contribution >= 4 is 21.8 Å². The van der Waals surface area contributed by atoms with Crippen molar-refractivity contribution in [3.05, 3.63) is 70.6 Å². The highest BCUT2D eigenvalue weighted by Crippen LogP contribution is 2.30. The summed E-state index contributed by atoms with van der Waals surface area (Å²) in [4.78, 5) is 11.5. The summed E-state index contributed by atoms with van der Waals surface area (Å²) in [5.74, 6) is -0.491. The van der Waals surface area contributed by atoms with E-state index in [9.17, 15) is 9.18 Å². The number of nitrogens with zero attached hydrogens (tertiary/aromatic N) is 2. The lowest BCUT2D eigenvalue weighted by Gasteiger charge is -2.09. The summed E-state index contributed by atoms with van der Waals surface area (Å²) in [6, 6.07) is 13.8. The smallest absolute Gasteiger partial charge is 0.248 e. The summed E-state index contributed by atoms with van der Waals surface area (Å²) >= 11 is 3.41. The van der Waals surface area contributed by atoms with Crippen LogP contribution in [-0.4, -0.2) is 22.3 Å². The standard InChI is InChI=1S/C18H13BrFN3O2/c19-12-3-7-14(8-4-12)23-9-15(18-21-16(24)10-25-18)17(22-23)11-1-5-13(20)6-2-11/h1-9,18H,10H2,(H,21,24). The minimum atomic E-state index is -0.572. The van der Waals surface area contributed by atoms with E-state index in [-0.39, 0.29) is 18.3 Å². The molecule has 0 saturated carbocycles. The molecule has 1 atom stereocenters. The Kier molecular flexibility index (Phi) is 4.10. The molecule has 0 spiro atoms. The molecular formula is C18H13BrFN3O2. The van der Waals surface area contributed by atoms with Crippen molar-refractivity contribution in [3.63, 3.8) is 0 Å². The Morgan fingerprint density at radius 1 is 1.16 bits per heavy atom. The van der Waals surface area contributed by atoms with Crippen molar-refractivity contribution < 1.29 is 13.9 Å². The van der Waals surface area contributed by atoms with Crippen LogP contribution < -0.4 is 5.32 Å². The van der Waals surface area contributed by atoms with Crippen LogP contribution in [0.25, 0.3) is 16.9 Å². The molecule has 3 aromatic rings. The number of ether oxygens (including phenoxy) is 1. The van der Waals surface area contributed by atoms with E-state index in [0.717, 1.165) is 21.3 Å². The molecule has 1 unspecified atom stereocenters. The topological polar surface area (TPSA) is 56.2 Å². The largest absolute Gasteiger partial charge is 0.344 e. The van der Waals surface area contributed by atoms with Crippen molar-refractivity contribution in [2.75, 3.05) is 6.61 Å². The average Bonchev–Trinajstić information content (AvgIpc) is 3.23. The third kappa shape index (κ3) is 3.20. The van der Waals surface area contributed by atoms with Crippen molar-refractivity contribution in [2.45, 2.75) is 6.23 Å². The number of benzene rings is 2. The Morgan fingerprint density at radius 2 is 1.88 bits per heavy atom. The van der Waals surface area contributed by atoms with Gasteiger partial charge in [0, 0.05) is 21.8 Å². The van der Waals surface area contributed by atoms with Crippen molar-refractivity contribution in [1.82, 2.24) is 15.1 Å². The minimum absolute atomic E-state index is 0.0109. The maximum Gasteiger partial charge on any atom is 0.248 e. The van der Waals surface area contributed by atoms with Crippen molar-refractivity contribution in [3.8, 4) is 16.9 Å². The Hall–Kier alpha value is -2.51. The van der Waals surface area contributed by atoms with E-state index in [1.165, 1.54) is 12.1 Å². The second kappa shape index (κ2) is 6.42. The molecule has 1 aliphatic heterocycles. The van der Waals surface area contributed by atoms with Gasteiger partial charge in [0.15, 0.2) is 6.23 Å². The van der Waals surface area contributed by atoms with Crippen LogP contribution in [0.1, 0.15) is 11.8 Å². The van der Waals surface area contributed by atoms with E-state index in [1.807, 2.05) is 30.5 Å². The van der Waals surface area contributed by atoms with Crippen LogP contribution in [0, 0.1) is 5.82 Å². The van der Waals surface area contributed by atoms with Gasteiger partial charge in [0.05, 0.1) is 5.69 Å². The molecule has 5 nitrogen and oxygen atoms in total. The van der Waals surface area contributed by atoms with Gasteiger partial charge < -0.3 is 10.1 Å². The van der Waals surface area contributed by atoms with Crippen LogP contribution >= 0.6 is 15.9 Å². The van der Waals surface area contributed by atoms with E-state index < -0.39 is 6.23 Å². The first-order valence-corrected chi connectivity index (χ1v) is 8.42. The molecule has 1 fully saturated rings. The zero-order valence-corrected chi connectivity index (χ0v) is 14.5. The number of aromatic nitrogens is 2. The minimum Gasteiger partial charge on any atom is -0.344 e. The second-order valence-electron chi connectivity index (χ2n) is 5.62. The summed E-state index contributed by atoms with van der Waals surface area (Å²) in [5, 5.41) is 7.40. The van der Waals surface area contributed by atoms with Crippen LogP contribution in [-0.2, 0) is 9.53 Å². The van der Waals surface area contributed by atoms with Crippen molar-refractivity contribution in [1.29, 1.82) is 0 Å². The van der Waals surface area contributed by atoms with Crippen LogP contribution in [0.15, 0.2) is 59.2 Å². The number of carbonyl (C=O) groups excluding carboxylic acids is 1. The van der Waals surface area contributed by atoms with Crippen LogP contribution in [0.3, 0.4) is 0 Å². The summed E-state index contributed by atoms with van der Waals surface area (Å²) in [6.45, 7) is 0.0109. The molecule has 1 aliphatic rings. The third-order valence-electron chi connectivity index (χ3n) is 3.91. The molecule has 1 saturated heterocycles. The fourth-order valence-electron chi connectivity index (χ4n) is 2.69. The Labute approximate surface area is 151 Å². The van der Waals surface area contributed by atoms with Crippen LogP contribution in [0.2, 0.25) is 0 Å². The van der Waals surface area contributed by atoms with Gasteiger partial charge >= 0.3 is 0 Å². The third-order valence-corrected chi connectivity index (χ3v) is 4.44. The van der Waals surface area contributed by atoms with E-state index in [2.05, 4.69) is 26.3 Å². The predicted octanol–water partition coefficient (Wildman–Crippen LogP) is 3.59. The number of amides is 1. The maximum absolute atomic E-state index is 13.3. The summed E-state index contributed by atoms with van der Waals surface area (Å²) in [7, 11) is 0. The molecule has 126 valence electrons. The van der Waals surface area contributed by atoms with Crippen LogP contribution in [0.4, 0.5) is 4.39 Å². The van der Waals surface area contributed by atoms with Gasteiger partial charge in [0.25, 0.3) is 0 Å². The van der Waals surface area contributed by atoms with E-state index in [0.29, 0.717) is 5.69 Å². The molecule has 0 bridgehead atoms. The fraction of sp³-hybridized carbons (Fsp3) is 0.111. The molecular weight excluding hydrogens is 389 g/mol. The normalized spacial score (nSPS) is 16.9. The Balaban J connectivity index is 1.81. The molecule has 0 aliphatic carbocycles. The van der Waals surface area contributed by atoms with Gasteiger partial charge in [-0.15, -0.1) is 0 Å². The lowest BCUT2D eigenvalue weighted by Crippen LogP contribution is -2.19. The molecule has 0 radical (unpaired) electrons. The molecule has 2 heterocycles. The quantitative estimate of drug-likeness (QED) is 0.729. The molecule has 1 aromatic heterocycles. The van der Waals surface area contributed by atoms with E-state index in [1.54, 1.807) is 16.8 Å². The van der Waals surface area contributed by atoms with Gasteiger partial charge in [-0.1, -0.05) is 15.9 Å². The Bertz CT molecular complexity index is 922. The first kappa shape index (κ1) is 16.0. The lowest BCUT2D eigenvalue weighted by molar-refractivity contribution is -0.119. The summed E-state index contributed by atoms with van der Waals surface area (Å²) in [5.41, 5.74) is 2.97. The second-order valence-corrected chi connectivity index (χ2v) is 6.54. The molecule has 2 aromatic carbocycles. The van der Waals surface area contributed by atoms with E-state index in [4.69, 9.17) is 4.74 Å². The van der Waals surface area contributed by atoms with Gasteiger partial charge in [0.1, 0.15) is 18.1 Å². The molecule has 1 N–H and O–H groups in total. The van der Waals surface area contributed by atoms with Crippen LogP contribution in [0.5, 0.6) is 0 Å². The van der Waals surface area contributed by atoms with Gasteiger partial charge in [0.2, 0.25) is 5.91 Å². The van der Waals surface area contributed by atoms with Gasteiger partial charge in [-0.2, -0.15) is 5.10 Å². The molecule has 4 rings (SSSR count). The number of hydrogen-bond donors (Lipinski definition) is 1. The lowest BCUT2D eigenvalue weighted by atomic mass is 10.1. The molecule has 25 heavy (non-hydrogen) atoms. The Morgan fingerprint density at radius 3 is 2.52 bits per heavy atom. The van der Waals surface area contributed by atoms with Gasteiger partial charge in [-0.05, 0) is 48.5 Å². The van der Waals surface area contributed by atoms with Gasteiger partial charge in [-0.25, -0.2) is 9.07 Å². The van der Waals surface area contributed by atoms with Gasteiger partial charge in [-0.3, -0.25) is 4.79 Å². The molecule has 7 heteroatoms.